The Hall–Kier alpha value is -0.860. The molecular weight excluding hydrogens is 256 g/mol. The van der Waals surface area contributed by atoms with Gasteiger partial charge in [-0.3, -0.25) is 4.90 Å². The first-order valence-corrected chi connectivity index (χ1v) is 8.63. The van der Waals surface area contributed by atoms with Crippen molar-refractivity contribution >= 4 is 0 Å². The lowest BCUT2D eigenvalue weighted by atomic mass is 9.89. The van der Waals surface area contributed by atoms with Gasteiger partial charge in [-0.05, 0) is 44.1 Å². The molecule has 1 aromatic rings. The fourth-order valence-electron chi connectivity index (χ4n) is 3.38. The Morgan fingerprint density at radius 3 is 2.57 bits per heavy atom. The summed E-state index contributed by atoms with van der Waals surface area (Å²) in [5.41, 5.74) is 8.89. The second kappa shape index (κ2) is 7.95. The zero-order chi connectivity index (χ0) is 15.2. The Morgan fingerprint density at radius 1 is 1.24 bits per heavy atom. The first kappa shape index (κ1) is 16.5. The largest absolute Gasteiger partial charge is 0.328 e. The maximum Gasteiger partial charge on any atom is 0.0236 e. The Morgan fingerprint density at radius 2 is 1.95 bits per heavy atom. The summed E-state index contributed by atoms with van der Waals surface area (Å²) in [6.07, 6.45) is 6.17. The van der Waals surface area contributed by atoms with Crippen LogP contribution < -0.4 is 5.73 Å². The normalized spacial score (nSPS) is 24.2. The standard InChI is InChI=1S/C19H32N2/c1-4-15(2)13-21(19-10-8-18(20)9-11-19)14-17-7-5-6-16(3)12-17/h5-7,12,15,18-19H,4,8-11,13-14,20H2,1-3H3. The molecule has 1 fully saturated rings. The fourth-order valence-corrected chi connectivity index (χ4v) is 3.38. The number of aryl methyl sites for hydroxylation is 1. The van der Waals surface area contributed by atoms with Crippen LogP contribution >= 0.6 is 0 Å². The molecule has 0 aromatic heterocycles. The summed E-state index contributed by atoms with van der Waals surface area (Å²) >= 11 is 0. The molecule has 0 radical (unpaired) electrons. The first-order chi connectivity index (χ1) is 10.1. The number of benzene rings is 1. The van der Waals surface area contributed by atoms with E-state index in [1.165, 1.54) is 49.8 Å². The summed E-state index contributed by atoms with van der Waals surface area (Å²) < 4.78 is 0. The predicted octanol–water partition coefficient (Wildman–Crippen LogP) is 4.11. The molecule has 0 amide bonds. The summed E-state index contributed by atoms with van der Waals surface area (Å²) in [5, 5.41) is 0. The second-order valence-corrected chi connectivity index (χ2v) is 7.00. The molecule has 2 nitrogen and oxygen atoms in total. The van der Waals surface area contributed by atoms with Crippen molar-refractivity contribution < 1.29 is 0 Å². The van der Waals surface area contributed by atoms with Gasteiger partial charge in [0.25, 0.3) is 0 Å². The van der Waals surface area contributed by atoms with E-state index in [2.05, 4.69) is 49.9 Å². The van der Waals surface area contributed by atoms with E-state index in [4.69, 9.17) is 5.73 Å². The average Bonchev–Trinajstić information content (AvgIpc) is 2.47. The van der Waals surface area contributed by atoms with Gasteiger partial charge in [-0.1, -0.05) is 50.1 Å². The number of hydrogen-bond acceptors (Lipinski definition) is 2. The second-order valence-electron chi connectivity index (χ2n) is 7.00. The van der Waals surface area contributed by atoms with Crippen LogP contribution in [0.2, 0.25) is 0 Å². The number of hydrogen-bond donors (Lipinski definition) is 1. The van der Waals surface area contributed by atoms with Gasteiger partial charge >= 0.3 is 0 Å². The zero-order valence-corrected chi connectivity index (χ0v) is 14.0. The fraction of sp³-hybridized carbons (Fsp3) is 0.684. The van der Waals surface area contributed by atoms with Crippen molar-refractivity contribution in [3.05, 3.63) is 35.4 Å². The van der Waals surface area contributed by atoms with E-state index in [0.29, 0.717) is 6.04 Å². The third kappa shape index (κ3) is 5.12. The SMILES string of the molecule is CCC(C)CN(Cc1cccc(C)c1)C1CCC(N)CC1. The van der Waals surface area contributed by atoms with Crippen LogP contribution in [0.1, 0.15) is 57.1 Å². The number of rotatable bonds is 6. The maximum absolute atomic E-state index is 6.08. The molecule has 2 heteroatoms. The number of nitrogens with two attached hydrogens (primary N) is 1. The monoisotopic (exact) mass is 288 g/mol. The molecule has 1 atom stereocenters. The van der Waals surface area contributed by atoms with Crippen molar-refractivity contribution in [2.45, 2.75) is 71.5 Å². The molecule has 118 valence electrons. The summed E-state index contributed by atoms with van der Waals surface area (Å²) in [4.78, 5) is 2.72. The van der Waals surface area contributed by atoms with Crippen LogP contribution in [0.15, 0.2) is 24.3 Å². The van der Waals surface area contributed by atoms with Crippen molar-refractivity contribution in [3.63, 3.8) is 0 Å². The van der Waals surface area contributed by atoms with Gasteiger partial charge in [0.05, 0.1) is 0 Å². The molecule has 1 unspecified atom stereocenters. The van der Waals surface area contributed by atoms with Crippen molar-refractivity contribution in [2.75, 3.05) is 6.54 Å². The molecular formula is C19H32N2. The molecule has 0 saturated heterocycles. The Labute approximate surface area is 130 Å². The topological polar surface area (TPSA) is 29.3 Å². The van der Waals surface area contributed by atoms with E-state index in [1.807, 2.05) is 0 Å². The highest BCUT2D eigenvalue weighted by Crippen LogP contribution is 2.25. The van der Waals surface area contributed by atoms with Gasteiger partial charge in [-0.15, -0.1) is 0 Å². The average molecular weight is 288 g/mol. The van der Waals surface area contributed by atoms with Crippen LogP contribution in [0.5, 0.6) is 0 Å². The minimum Gasteiger partial charge on any atom is -0.328 e. The van der Waals surface area contributed by atoms with Crippen LogP contribution in [-0.4, -0.2) is 23.5 Å². The molecule has 2 rings (SSSR count). The smallest absolute Gasteiger partial charge is 0.0236 e. The molecule has 1 aromatic carbocycles. The van der Waals surface area contributed by atoms with Gasteiger partial charge < -0.3 is 5.73 Å². The van der Waals surface area contributed by atoms with Crippen LogP contribution in [-0.2, 0) is 6.54 Å². The Balaban J connectivity index is 2.04. The van der Waals surface area contributed by atoms with Crippen molar-refractivity contribution in [2.24, 2.45) is 11.7 Å². The lowest BCUT2D eigenvalue weighted by Crippen LogP contribution is -2.42. The highest BCUT2D eigenvalue weighted by molar-refractivity contribution is 5.22. The quantitative estimate of drug-likeness (QED) is 0.853. The number of nitrogens with zero attached hydrogens (tertiary/aromatic N) is 1. The van der Waals surface area contributed by atoms with Crippen molar-refractivity contribution in [3.8, 4) is 0 Å². The summed E-state index contributed by atoms with van der Waals surface area (Å²) in [6.45, 7) is 9.16. The molecule has 0 spiro atoms. The Kier molecular flexibility index (Phi) is 6.25. The van der Waals surface area contributed by atoms with E-state index in [9.17, 15) is 0 Å². The summed E-state index contributed by atoms with van der Waals surface area (Å²) in [6, 6.07) is 10.1. The maximum atomic E-state index is 6.08. The lowest BCUT2D eigenvalue weighted by molar-refractivity contribution is 0.122. The molecule has 1 aliphatic rings. The van der Waals surface area contributed by atoms with Gasteiger partial charge in [0.2, 0.25) is 0 Å². The van der Waals surface area contributed by atoms with E-state index in [-0.39, 0.29) is 0 Å². The summed E-state index contributed by atoms with van der Waals surface area (Å²) in [7, 11) is 0. The van der Waals surface area contributed by atoms with Crippen LogP contribution in [0.25, 0.3) is 0 Å². The van der Waals surface area contributed by atoms with E-state index < -0.39 is 0 Å². The summed E-state index contributed by atoms with van der Waals surface area (Å²) in [5.74, 6) is 0.769. The van der Waals surface area contributed by atoms with E-state index >= 15 is 0 Å². The molecule has 0 bridgehead atoms. The van der Waals surface area contributed by atoms with Gasteiger partial charge in [0.15, 0.2) is 0 Å². The minimum atomic E-state index is 0.436. The lowest BCUT2D eigenvalue weighted by Gasteiger charge is -2.37. The highest BCUT2D eigenvalue weighted by atomic mass is 15.2. The predicted molar refractivity (Wildman–Crippen MR) is 91.3 cm³/mol. The van der Waals surface area contributed by atoms with Gasteiger partial charge in [-0.2, -0.15) is 0 Å². The van der Waals surface area contributed by atoms with Gasteiger partial charge in [-0.25, -0.2) is 0 Å². The first-order valence-electron chi connectivity index (χ1n) is 8.63. The molecule has 2 N–H and O–H groups in total. The van der Waals surface area contributed by atoms with Crippen LogP contribution in [0.4, 0.5) is 0 Å². The van der Waals surface area contributed by atoms with Crippen molar-refractivity contribution in [1.82, 2.24) is 4.90 Å². The minimum absolute atomic E-state index is 0.436. The molecule has 0 aliphatic heterocycles. The van der Waals surface area contributed by atoms with Gasteiger partial charge in [0.1, 0.15) is 0 Å². The van der Waals surface area contributed by atoms with E-state index in [1.54, 1.807) is 0 Å². The molecule has 21 heavy (non-hydrogen) atoms. The third-order valence-electron chi connectivity index (χ3n) is 4.97. The third-order valence-corrected chi connectivity index (χ3v) is 4.97. The van der Waals surface area contributed by atoms with E-state index in [0.717, 1.165) is 18.5 Å². The van der Waals surface area contributed by atoms with Crippen molar-refractivity contribution in [1.29, 1.82) is 0 Å². The Bertz CT molecular complexity index is 421. The van der Waals surface area contributed by atoms with Gasteiger partial charge in [0, 0.05) is 25.2 Å². The molecule has 1 saturated carbocycles. The zero-order valence-electron chi connectivity index (χ0n) is 14.0. The molecule has 0 heterocycles. The van der Waals surface area contributed by atoms with Crippen LogP contribution in [0, 0.1) is 12.8 Å². The highest BCUT2D eigenvalue weighted by Gasteiger charge is 2.25. The van der Waals surface area contributed by atoms with Crippen LogP contribution in [0.3, 0.4) is 0 Å². The molecule has 1 aliphatic carbocycles.